The van der Waals surface area contributed by atoms with E-state index in [0.717, 1.165) is 52.9 Å². The largest absolute Gasteiger partial charge is 0.325 e. The fourth-order valence-corrected chi connectivity index (χ4v) is 6.05. The summed E-state index contributed by atoms with van der Waals surface area (Å²) in [6.07, 6.45) is 4.89. The van der Waals surface area contributed by atoms with E-state index in [0.29, 0.717) is 13.0 Å². The minimum absolute atomic E-state index is 0.111. The molecule has 3 aromatic carbocycles. The van der Waals surface area contributed by atoms with Gasteiger partial charge in [-0.05, 0) is 53.3 Å². The molecule has 2 fully saturated rings. The van der Waals surface area contributed by atoms with Crippen LogP contribution in [0.4, 0.5) is 10.1 Å². The van der Waals surface area contributed by atoms with E-state index < -0.39 is 11.6 Å². The van der Waals surface area contributed by atoms with Crippen LogP contribution in [0.15, 0.2) is 66.7 Å². The minimum Gasteiger partial charge on any atom is -0.325 e. The highest BCUT2D eigenvalue weighted by atomic mass is 19.1. The number of aromatic nitrogens is 2. The first-order valence-corrected chi connectivity index (χ1v) is 12.6. The summed E-state index contributed by atoms with van der Waals surface area (Å²) < 4.78 is 13.4. The molecule has 2 N–H and O–H groups in total. The first-order chi connectivity index (χ1) is 17.6. The number of H-pyrrole nitrogens is 1. The van der Waals surface area contributed by atoms with Crippen LogP contribution in [0.1, 0.15) is 46.7 Å². The number of alkyl halides is 1. The number of aromatic amines is 1. The molecule has 1 aliphatic carbocycles. The molecule has 3 aliphatic rings. The highest BCUT2D eigenvalue weighted by Gasteiger charge is 2.65. The molecule has 36 heavy (non-hydrogen) atoms. The van der Waals surface area contributed by atoms with Crippen molar-refractivity contribution in [2.75, 3.05) is 18.4 Å². The van der Waals surface area contributed by atoms with Crippen molar-refractivity contribution in [3.05, 3.63) is 94.7 Å². The van der Waals surface area contributed by atoms with Crippen molar-refractivity contribution in [2.24, 2.45) is 0 Å². The van der Waals surface area contributed by atoms with E-state index in [1.54, 1.807) is 0 Å². The molecule has 2 aliphatic heterocycles. The molecule has 1 aromatic heterocycles. The zero-order valence-electron chi connectivity index (χ0n) is 19.9. The predicted molar refractivity (Wildman–Crippen MR) is 140 cm³/mol. The smallest absolute Gasteiger partial charge is 0.235 e. The Labute approximate surface area is 209 Å². The number of rotatable bonds is 5. The van der Waals surface area contributed by atoms with Crippen LogP contribution in [0.2, 0.25) is 0 Å². The lowest BCUT2D eigenvalue weighted by Gasteiger charge is -2.14. The number of likely N-dealkylation sites (tertiary alicyclic amines) is 1. The van der Waals surface area contributed by atoms with E-state index in [9.17, 15) is 9.18 Å². The summed E-state index contributed by atoms with van der Waals surface area (Å²) in [4.78, 5) is 15.0. The Kier molecular flexibility index (Phi) is 4.86. The molecule has 0 bridgehead atoms. The predicted octanol–water partition coefficient (Wildman–Crippen LogP) is 5.65. The van der Waals surface area contributed by atoms with Crippen molar-refractivity contribution < 1.29 is 9.18 Å². The summed E-state index contributed by atoms with van der Waals surface area (Å²) in [5.41, 5.74) is 6.97. The quantitative estimate of drug-likeness (QED) is 0.389. The summed E-state index contributed by atoms with van der Waals surface area (Å²) in [6, 6.07) is 22.8. The SMILES string of the molecule is O=C1Nc2ccccc2[C@]12C[C@H]2c1ccc2c(C=Cc3ccc(CN4CC[C@@H](F)C4)cc3)n[nH]c2c1. The Bertz CT molecular complexity index is 1510. The summed E-state index contributed by atoms with van der Waals surface area (Å²) in [5.74, 6) is 0.294. The van der Waals surface area contributed by atoms with Crippen LogP contribution in [0.5, 0.6) is 0 Å². The van der Waals surface area contributed by atoms with E-state index in [1.165, 1.54) is 11.1 Å². The molecule has 1 amide bonds. The van der Waals surface area contributed by atoms with Gasteiger partial charge < -0.3 is 5.32 Å². The molecule has 1 saturated carbocycles. The number of nitrogens with zero attached hydrogens (tertiary/aromatic N) is 2. The van der Waals surface area contributed by atoms with Crippen molar-refractivity contribution in [2.45, 2.75) is 36.9 Å². The van der Waals surface area contributed by atoms with Gasteiger partial charge in [0.05, 0.1) is 16.6 Å². The van der Waals surface area contributed by atoms with Gasteiger partial charge in [0.1, 0.15) is 6.17 Å². The van der Waals surface area contributed by atoms with Crippen LogP contribution in [0.25, 0.3) is 23.1 Å². The van der Waals surface area contributed by atoms with Gasteiger partial charge in [-0.2, -0.15) is 5.10 Å². The van der Waals surface area contributed by atoms with Gasteiger partial charge in [-0.25, -0.2) is 4.39 Å². The maximum absolute atomic E-state index is 13.4. The average Bonchev–Trinajstić information content (AvgIpc) is 3.14. The van der Waals surface area contributed by atoms with Gasteiger partial charge in [0, 0.05) is 36.6 Å². The zero-order chi connectivity index (χ0) is 24.3. The van der Waals surface area contributed by atoms with Crippen LogP contribution in [0.3, 0.4) is 0 Å². The Morgan fingerprint density at radius 3 is 2.78 bits per heavy atom. The van der Waals surface area contributed by atoms with Crippen molar-refractivity contribution >= 4 is 34.6 Å². The fraction of sp³-hybridized carbons (Fsp3) is 0.267. The van der Waals surface area contributed by atoms with E-state index in [4.69, 9.17) is 0 Å². The highest BCUT2D eigenvalue weighted by Crippen LogP contribution is 2.64. The summed E-state index contributed by atoms with van der Waals surface area (Å²) in [6.45, 7) is 2.17. The van der Waals surface area contributed by atoms with E-state index in [2.05, 4.69) is 75.0 Å². The van der Waals surface area contributed by atoms with Gasteiger partial charge in [0.2, 0.25) is 5.91 Å². The topological polar surface area (TPSA) is 61.0 Å². The normalized spacial score (nSPS) is 25.2. The lowest BCUT2D eigenvalue weighted by atomic mass is 9.92. The number of benzene rings is 3. The molecule has 180 valence electrons. The summed E-state index contributed by atoms with van der Waals surface area (Å²) in [5, 5.41) is 11.8. The highest BCUT2D eigenvalue weighted by molar-refractivity contribution is 6.09. The second-order valence-electron chi connectivity index (χ2n) is 10.3. The van der Waals surface area contributed by atoms with Crippen molar-refractivity contribution in [1.82, 2.24) is 15.1 Å². The molecular weight excluding hydrogens is 451 g/mol. The Morgan fingerprint density at radius 2 is 1.94 bits per heavy atom. The fourth-order valence-electron chi connectivity index (χ4n) is 6.05. The number of hydrogen-bond donors (Lipinski definition) is 2. The van der Waals surface area contributed by atoms with Crippen LogP contribution in [-0.4, -0.2) is 40.3 Å². The molecule has 0 radical (unpaired) electrons. The summed E-state index contributed by atoms with van der Waals surface area (Å²) >= 11 is 0. The Hall–Kier alpha value is -3.77. The van der Waals surface area contributed by atoms with Crippen molar-refractivity contribution in [1.29, 1.82) is 0 Å². The molecular formula is C30H27FN4O. The standard InChI is InChI=1S/C30H27FN4O/c31-22-13-14-35(18-22)17-20-7-5-19(6-8-20)9-12-26-23-11-10-21(15-28(23)34-33-26)25-16-30(25)24-3-1-2-4-27(24)32-29(30)36/h1-12,15,22,25H,13-14,16-18H2,(H,32,36)(H,33,34)/t22-,25+,30+/m1/s1. The van der Waals surface area contributed by atoms with Crippen molar-refractivity contribution in [3.8, 4) is 0 Å². The van der Waals surface area contributed by atoms with Gasteiger partial charge in [0.15, 0.2) is 0 Å². The minimum atomic E-state index is -0.684. The van der Waals surface area contributed by atoms with Crippen molar-refractivity contribution in [3.63, 3.8) is 0 Å². The molecule has 3 atom stereocenters. The molecule has 0 unspecified atom stereocenters. The number of halogens is 1. The zero-order valence-corrected chi connectivity index (χ0v) is 19.9. The lowest BCUT2D eigenvalue weighted by molar-refractivity contribution is -0.118. The number of carbonyl (C=O) groups excluding carboxylic acids is 1. The molecule has 1 saturated heterocycles. The van der Waals surface area contributed by atoms with Gasteiger partial charge >= 0.3 is 0 Å². The van der Waals surface area contributed by atoms with Crippen LogP contribution in [0, 0.1) is 0 Å². The van der Waals surface area contributed by atoms with Gasteiger partial charge in [0.25, 0.3) is 0 Å². The molecule has 1 spiro atoms. The number of amides is 1. The third kappa shape index (κ3) is 3.47. The van der Waals surface area contributed by atoms with Gasteiger partial charge in [-0.15, -0.1) is 0 Å². The lowest BCUT2D eigenvalue weighted by Crippen LogP contribution is -2.20. The average molecular weight is 479 g/mol. The number of anilines is 1. The number of nitrogens with one attached hydrogen (secondary N) is 2. The Balaban J connectivity index is 1.08. The molecule has 7 rings (SSSR count). The third-order valence-electron chi connectivity index (χ3n) is 8.08. The third-order valence-corrected chi connectivity index (χ3v) is 8.08. The second-order valence-corrected chi connectivity index (χ2v) is 10.3. The molecule has 4 aromatic rings. The maximum Gasteiger partial charge on any atom is 0.235 e. The number of carbonyl (C=O) groups is 1. The van der Waals surface area contributed by atoms with Gasteiger partial charge in [-0.1, -0.05) is 60.7 Å². The van der Waals surface area contributed by atoms with Crippen LogP contribution in [-0.2, 0) is 16.8 Å². The maximum atomic E-state index is 13.4. The van der Waals surface area contributed by atoms with E-state index in [-0.39, 0.29) is 11.8 Å². The van der Waals surface area contributed by atoms with Crippen LogP contribution < -0.4 is 5.32 Å². The van der Waals surface area contributed by atoms with E-state index in [1.807, 2.05) is 24.3 Å². The first kappa shape index (κ1) is 21.5. The molecule has 5 nitrogen and oxygen atoms in total. The van der Waals surface area contributed by atoms with Gasteiger partial charge in [-0.3, -0.25) is 14.8 Å². The Morgan fingerprint density at radius 1 is 1.08 bits per heavy atom. The second kappa shape index (κ2) is 8.14. The molecule has 6 heteroatoms. The number of para-hydroxylation sites is 1. The van der Waals surface area contributed by atoms with Crippen LogP contribution >= 0.6 is 0 Å². The number of fused-ring (bicyclic) bond motifs is 3. The summed E-state index contributed by atoms with van der Waals surface area (Å²) in [7, 11) is 0. The number of hydrogen-bond acceptors (Lipinski definition) is 3. The monoisotopic (exact) mass is 478 g/mol. The molecule has 3 heterocycles. The first-order valence-electron chi connectivity index (χ1n) is 12.6. The van der Waals surface area contributed by atoms with E-state index >= 15 is 0 Å².